The van der Waals surface area contributed by atoms with Gasteiger partial charge in [0.1, 0.15) is 0 Å². The molecule has 2 aromatic rings. The second-order valence-corrected chi connectivity index (χ2v) is 9.51. The van der Waals surface area contributed by atoms with Crippen LogP contribution < -0.4 is 0 Å². The fourth-order valence-electron chi connectivity index (χ4n) is 3.49. The number of aryl methyl sites for hydroxylation is 2. The number of carbonyl (C=O) groups is 2. The van der Waals surface area contributed by atoms with Gasteiger partial charge in [-0.25, -0.2) is 8.42 Å². The summed E-state index contributed by atoms with van der Waals surface area (Å²) in [5.74, 6) is -0.167. The topological polar surface area (TPSA) is 74.8 Å². The molecule has 0 aromatic heterocycles. The van der Waals surface area contributed by atoms with E-state index in [9.17, 15) is 18.0 Å². The van der Waals surface area contributed by atoms with Crippen LogP contribution >= 0.6 is 0 Å². The molecule has 160 valence electrons. The monoisotopic (exact) mass is 428 g/mol. The Morgan fingerprint density at radius 3 is 2.03 bits per heavy atom. The van der Waals surface area contributed by atoms with Crippen molar-refractivity contribution in [2.45, 2.75) is 38.0 Å². The van der Waals surface area contributed by atoms with Gasteiger partial charge in [0.15, 0.2) is 5.78 Å². The first-order valence-electron chi connectivity index (χ1n) is 10.3. The van der Waals surface area contributed by atoms with Gasteiger partial charge in [0.05, 0.1) is 4.90 Å². The summed E-state index contributed by atoms with van der Waals surface area (Å²) in [4.78, 5) is 26.7. The molecular formula is C23H28N2O4S. The van der Waals surface area contributed by atoms with E-state index < -0.39 is 10.0 Å². The van der Waals surface area contributed by atoms with Crippen LogP contribution in [0.1, 0.15) is 41.3 Å². The van der Waals surface area contributed by atoms with Crippen molar-refractivity contribution in [3.63, 3.8) is 0 Å². The molecule has 0 radical (unpaired) electrons. The Morgan fingerprint density at radius 1 is 0.867 bits per heavy atom. The van der Waals surface area contributed by atoms with Crippen LogP contribution in [0, 0.1) is 6.92 Å². The third kappa shape index (κ3) is 5.15. The Bertz CT molecular complexity index is 991. The number of rotatable bonds is 7. The first-order chi connectivity index (χ1) is 14.3. The molecule has 1 saturated heterocycles. The minimum Gasteiger partial charge on any atom is -0.340 e. The van der Waals surface area contributed by atoms with Crippen molar-refractivity contribution in [2.75, 3.05) is 26.2 Å². The van der Waals surface area contributed by atoms with E-state index in [4.69, 9.17) is 0 Å². The molecule has 0 atom stereocenters. The Labute approximate surface area is 178 Å². The van der Waals surface area contributed by atoms with Crippen LogP contribution in [0.5, 0.6) is 0 Å². The van der Waals surface area contributed by atoms with E-state index in [1.165, 1.54) is 4.31 Å². The van der Waals surface area contributed by atoms with Crippen LogP contribution in [0.2, 0.25) is 0 Å². The molecule has 1 heterocycles. The lowest BCUT2D eigenvalue weighted by molar-refractivity contribution is -0.132. The van der Waals surface area contributed by atoms with Crippen molar-refractivity contribution >= 4 is 21.7 Å². The summed E-state index contributed by atoms with van der Waals surface area (Å²) in [5.41, 5.74) is 2.78. The van der Waals surface area contributed by atoms with Gasteiger partial charge in [-0.2, -0.15) is 4.31 Å². The Morgan fingerprint density at radius 2 is 1.47 bits per heavy atom. The maximum atomic E-state index is 12.8. The molecule has 0 N–H and O–H groups in total. The van der Waals surface area contributed by atoms with Crippen LogP contribution in [0.3, 0.4) is 0 Å². The normalized spacial score (nSPS) is 15.2. The summed E-state index contributed by atoms with van der Waals surface area (Å²) in [6, 6.07) is 14.3. The van der Waals surface area contributed by atoms with Gasteiger partial charge in [0, 0.05) is 44.6 Å². The Balaban J connectivity index is 1.52. The molecule has 6 nitrogen and oxygen atoms in total. The van der Waals surface area contributed by atoms with Gasteiger partial charge in [-0.3, -0.25) is 9.59 Å². The Kier molecular flexibility index (Phi) is 7.05. The highest BCUT2D eigenvalue weighted by molar-refractivity contribution is 7.89. The lowest BCUT2D eigenvalue weighted by Gasteiger charge is -2.34. The first kappa shape index (κ1) is 22.2. The highest BCUT2D eigenvalue weighted by atomic mass is 32.2. The lowest BCUT2D eigenvalue weighted by atomic mass is 10.0. The zero-order valence-electron chi connectivity index (χ0n) is 17.5. The minimum atomic E-state index is -3.56. The highest BCUT2D eigenvalue weighted by Crippen LogP contribution is 2.19. The van der Waals surface area contributed by atoms with Gasteiger partial charge < -0.3 is 4.90 Å². The van der Waals surface area contributed by atoms with E-state index >= 15 is 0 Å². The molecule has 1 aliphatic heterocycles. The number of Topliss-reactive ketones (excluding diaryl/α,β-unsaturated/α-hetero) is 1. The number of piperazine rings is 1. The molecule has 1 aliphatic rings. The molecule has 1 fully saturated rings. The molecule has 0 saturated carbocycles. The summed E-state index contributed by atoms with van der Waals surface area (Å²) in [5, 5.41) is 0. The van der Waals surface area contributed by atoms with Gasteiger partial charge in [-0.05, 0) is 31.0 Å². The molecule has 0 spiro atoms. The number of hydrogen-bond donors (Lipinski definition) is 0. The quantitative estimate of drug-likeness (QED) is 0.636. The van der Waals surface area contributed by atoms with Gasteiger partial charge in [0.25, 0.3) is 0 Å². The number of benzene rings is 2. The first-order valence-corrected chi connectivity index (χ1v) is 11.7. The summed E-state index contributed by atoms with van der Waals surface area (Å²) in [6.45, 7) is 5.17. The van der Waals surface area contributed by atoms with E-state index in [1.807, 2.05) is 38.1 Å². The van der Waals surface area contributed by atoms with E-state index in [2.05, 4.69) is 0 Å². The van der Waals surface area contributed by atoms with Crippen molar-refractivity contribution in [3.05, 3.63) is 65.2 Å². The third-order valence-corrected chi connectivity index (χ3v) is 7.41. The fourth-order valence-corrected chi connectivity index (χ4v) is 4.91. The number of carbonyl (C=O) groups excluding carboxylic acids is 2. The molecule has 3 rings (SSSR count). The van der Waals surface area contributed by atoms with Gasteiger partial charge >= 0.3 is 0 Å². The largest absolute Gasteiger partial charge is 0.340 e. The Hall–Kier alpha value is -2.51. The van der Waals surface area contributed by atoms with Gasteiger partial charge in [-0.1, -0.05) is 48.9 Å². The van der Waals surface area contributed by atoms with Gasteiger partial charge in [0.2, 0.25) is 15.9 Å². The van der Waals surface area contributed by atoms with Crippen molar-refractivity contribution in [3.8, 4) is 0 Å². The van der Waals surface area contributed by atoms with Crippen molar-refractivity contribution in [1.82, 2.24) is 9.21 Å². The summed E-state index contributed by atoms with van der Waals surface area (Å²) < 4.78 is 27.1. The average molecular weight is 429 g/mol. The maximum Gasteiger partial charge on any atom is 0.243 e. The lowest BCUT2D eigenvalue weighted by Crippen LogP contribution is -2.50. The average Bonchev–Trinajstić information content (AvgIpc) is 2.77. The standard InChI is InChI=1S/C23H28N2O4S/c1-3-19-6-10-21(11-7-19)30(28,29)25-16-14-24(15-17-25)23(27)13-12-22(26)20-8-4-18(2)5-9-20/h4-11H,3,12-17H2,1-2H3. The zero-order valence-corrected chi connectivity index (χ0v) is 18.3. The van der Waals surface area contributed by atoms with E-state index in [0.717, 1.165) is 17.5 Å². The SMILES string of the molecule is CCc1ccc(S(=O)(=O)N2CCN(C(=O)CCC(=O)c3ccc(C)cc3)CC2)cc1. The van der Waals surface area contributed by atoms with Crippen LogP contribution in [-0.4, -0.2) is 55.5 Å². The highest BCUT2D eigenvalue weighted by Gasteiger charge is 2.30. The molecule has 30 heavy (non-hydrogen) atoms. The third-order valence-electron chi connectivity index (χ3n) is 5.50. The molecule has 7 heteroatoms. The second-order valence-electron chi connectivity index (χ2n) is 7.57. The smallest absolute Gasteiger partial charge is 0.243 e. The van der Waals surface area contributed by atoms with E-state index in [0.29, 0.717) is 18.7 Å². The van der Waals surface area contributed by atoms with Crippen molar-refractivity contribution in [1.29, 1.82) is 0 Å². The molecular weight excluding hydrogens is 400 g/mol. The summed E-state index contributed by atoms with van der Waals surface area (Å²) in [7, 11) is -3.56. The van der Waals surface area contributed by atoms with Crippen molar-refractivity contribution in [2.24, 2.45) is 0 Å². The van der Waals surface area contributed by atoms with Crippen LogP contribution in [0.15, 0.2) is 53.4 Å². The number of nitrogens with zero attached hydrogens (tertiary/aromatic N) is 2. The molecule has 2 aromatic carbocycles. The van der Waals surface area contributed by atoms with E-state index in [-0.39, 0.29) is 42.5 Å². The summed E-state index contributed by atoms with van der Waals surface area (Å²) >= 11 is 0. The number of hydrogen-bond acceptors (Lipinski definition) is 4. The molecule has 0 bridgehead atoms. The predicted octanol–water partition coefficient (Wildman–Crippen LogP) is 3.05. The van der Waals surface area contributed by atoms with Crippen molar-refractivity contribution < 1.29 is 18.0 Å². The summed E-state index contributed by atoms with van der Waals surface area (Å²) in [6.07, 6.45) is 1.15. The van der Waals surface area contributed by atoms with Crippen LogP contribution in [-0.2, 0) is 21.2 Å². The number of amides is 1. The second kappa shape index (κ2) is 9.53. The fraction of sp³-hybridized carbons (Fsp3) is 0.391. The maximum absolute atomic E-state index is 12.8. The molecule has 0 aliphatic carbocycles. The zero-order chi connectivity index (χ0) is 21.7. The predicted molar refractivity (Wildman–Crippen MR) is 116 cm³/mol. The number of sulfonamides is 1. The van der Waals surface area contributed by atoms with Crippen LogP contribution in [0.4, 0.5) is 0 Å². The van der Waals surface area contributed by atoms with E-state index in [1.54, 1.807) is 29.2 Å². The minimum absolute atomic E-state index is 0.0555. The van der Waals surface area contributed by atoms with Crippen LogP contribution in [0.25, 0.3) is 0 Å². The van der Waals surface area contributed by atoms with Gasteiger partial charge in [-0.15, -0.1) is 0 Å². The molecule has 1 amide bonds. The number of ketones is 1. The molecule has 0 unspecified atom stereocenters.